The lowest BCUT2D eigenvalue weighted by atomic mass is 9.95. The molecule has 0 bridgehead atoms. The summed E-state index contributed by atoms with van der Waals surface area (Å²) in [5.74, 6) is -0.173. The Hall–Kier alpha value is -0.570. The van der Waals surface area contributed by atoms with Gasteiger partial charge < -0.3 is 9.84 Å². The van der Waals surface area contributed by atoms with E-state index in [1.54, 1.807) is 0 Å². The number of aliphatic hydroxyl groups is 1. The van der Waals surface area contributed by atoms with E-state index < -0.39 is 0 Å². The predicted molar refractivity (Wildman–Crippen MR) is 49.2 cm³/mol. The van der Waals surface area contributed by atoms with Gasteiger partial charge in [-0.25, -0.2) is 0 Å². The minimum Gasteiger partial charge on any atom is -0.462 e. The fourth-order valence-electron chi connectivity index (χ4n) is 1.46. The summed E-state index contributed by atoms with van der Waals surface area (Å²) < 4.78 is 5.25. The van der Waals surface area contributed by atoms with E-state index in [1.165, 1.54) is 0 Å². The van der Waals surface area contributed by atoms with Crippen molar-refractivity contribution in [2.45, 2.75) is 51.7 Å². The van der Waals surface area contributed by atoms with Crippen molar-refractivity contribution in [1.29, 1.82) is 0 Å². The summed E-state index contributed by atoms with van der Waals surface area (Å²) in [5, 5.41) is 9.23. The Balaban J connectivity index is 2.26. The number of carbonyl (C=O) groups is 1. The largest absolute Gasteiger partial charge is 0.462 e. The maximum Gasteiger partial charge on any atom is 0.308 e. The van der Waals surface area contributed by atoms with Crippen molar-refractivity contribution >= 4 is 5.97 Å². The van der Waals surface area contributed by atoms with Gasteiger partial charge >= 0.3 is 5.97 Å². The third-order valence-electron chi connectivity index (χ3n) is 2.40. The Labute approximate surface area is 79.1 Å². The molecule has 0 spiro atoms. The van der Waals surface area contributed by atoms with Crippen LogP contribution in [0.5, 0.6) is 0 Å². The summed E-state index contributed by atoms with van der Waals surface area (Å²) in [6, 6.07) is 0. The summed E-state index contributed by atoms with van der Waals surface area (Å²) in [6.45, 7) is 3.67. The van der Waals surface area contributed by atoms with Crippen molar-refractivity contribution < 1.29 is 14.6 Å². The standard InChI is InChI=1S/C10H18O3/c1-7(2)10(12)13-9-5-3-8(11)4-6-9/h7-9,11H,3-6H2,1-2H3. The van der Waals surface area contributed by atoms with Crippen molar-refractivity contribution in [2.75, 3.05) is 0 Å². The van der Waals surface area contributed by atoms with Gasteiger partial charge in [-0.15, -0.1) is 0 Å². The summed E-state index contributed by atoms with van der Waals surface area (Å²) in [5.41, 5.74) is 0. The topological polar surface area (TPSA) is 46.5 Å². The average Bonchev–Trinajstić information content (AvgIpc) is 2.08. The molecule has 3 heteroatoms. The number of hydrogen-bond donors (Lipinski definition) is 1. The first-order chi connectivity index (χ1) is 6.09. The molecule has 1 aliphatic carbocycles. The molecule has 0 aromatic heterocycles. The number of aliphatic hydroxyl groups excluding tert-OH is 1. The summed E-state index contributed by atoms with van der Waals surface area (Å²) >= 11 is 0. The van der Waals surface area contributed by atoms with Crippen LogP contribution in [-0.2, 0) is 9.53 Å². The van der Waals surface area contributed by atoms with Crippen LogP contribution in [0.1, 0.15) is 39.5 Å². The molecule has 13 heavy (non-hydrogen) atoms. The number of carbonyl (C=O) groups excluding carboxylic acids is 1. The highest BCUT2D eigenvalue weighted by molar-refractivity contribution is 5.71. The Morgan fingerprint density at radius 2 is 1.85 bits per heavy atom. The van der Waals surface area contributed by atoms with Gasteiger partial charge in [0.25, 0.3) is 0 Å². The van der Waals surface area contributed by atoms with Crippen LogP contribution in [0.4, 0.5) is 0 Å². The molecule has 1 fully saturated rings. The van der Waals surface area contributed by atoms with Gasteiger partial charge in [0.05, 0.1) is 12.0 Å². The molecular formula is C10H18O3. The van der Waals surface area contributed by atoms with Crippen LogP contribution in [-0.4, -0.2) is 23.3 Å². The molecule has 1 aliphatic rings. The van der Waals surface area contributed by atoms with Crippen LogP contribution < -0.4 is 0 Å². The second-order valence-electron chi connectivity index (χ2n) is 4.02. The zero-order valence-electron chi connectivity index (χ0n) is 8.32. The SMILES string of the molecule is CC(C)C(=O)OC1CCC(O)CC1. The fraction of sp³-hybridized carbons (Fsp3) is 0.900. The van der Waals surface area contributed by atoms with Crippen molar-refractivity contribution in [3.63, 3.8) is 0 Å². The molecule has 0 aromatic carbocycles. The fourth-order valence-corrected chi connectivity index (χ4v) is 1.46. The van der Waals surface area contributed by atoms with E-state index in [4.69, 9.17) is 4.74 Å². The van der Waals surface area contributed by atoms with Gasteiger partial charge in [0.15, 0.2) is 0 Å². The number of rotatable bonds is 2. The van der Waals surface area contributed by atoms with Gasteiger partial charge in [-0.3, -0.25) is 4.79 Å². The highest BCUT2D eigenvalue weighted by Gasteiger charge is 2.23. The van der Waals surface area contributed by atoms with E-state index in [1.807, 2.05) is 13.8 Å². The molecule has 0 aromatic rings. The Morgan fingerprint density at radius 1 is 1.31 bits per heavy atom. The Morgan fingerprint density at radius 3 is 2.31 bits per heavy atom. The lowest BCUT2D eigenvalue weighted by Crippen LogP contribution is -2.28. The third-order valence-corrected chi connectivity index (χ3v) is 2.40. The number of esters is 1. The van der Waals surface area contributed by atoms with Gasteiger partial charge in [-0.1, -0.05) is 13.8 Å². The first kappa shape index (κ1) is 10.5. The minimum absolute atomic E-state index is 0.0401. The summed E-state index contributed by atoms with van der Waals surface area (Å²) in [4.78, 5) is 11.2. The molecule has 1 N–H and O–H groups in total. The maximum atomic E-state index is 11.2. The zero-order chi connectivity index (χ0) is 9.84. The van der Waals surface area contributed by atoms with E-state index in [0.29, 0.717) is 0 Å². The highest BCUT2D eigenvalue weighted by Crippen LogP contribution is 2.21. The van der Waals surface area contributed by atoms with Crippen molar-refractivity contribution in [3.05, 3.63) is 0 Å². The summed E-state index contributed by atoms with van der Waals surface area (Å²) in [6.07, 6.45) is 2.98. The van der Waals surface area contributed by atoms with Gasteiger partial charge in [-0.2, -0.15) is 0 Å². The maximum absolute atomic E-state index is 11.2. The Kier molecular flexibility index (Phi) is 3.72. The van der Waals surface area contributed by atoms with Crippen molar-refractivity contribution in [2.24, 2.45) is 5.92 Å². The van der Waals surface area contributed by atoms with E-state index in [0.717, 1.165) is 25.7 Å². The molecule has 0 atom stereocenters. The molecule has 1 saturated carbocycles. The molecular weight excluding hydrogens is 168 g/mol. The lowest BCUT2D eigenvalue weighted by molar-refractivity contribution is -0.155. The van der Waals surface area contributed by atoms with Crippen LogP contribution in [0.3, 0.4) is 0 Å². The van der Waals surface area contributed by atoms with E-state index in [-0.39, 0.29) is 24.1 Å². The monoisotopic (exact) mass is 186 g/mol. The zero-order valence-corrected chi connectivity index (χ0v) is 8.32. The van der Waals surface area contributed by atoms with Crippen molar-refractivity contribution in [3.8, 4) is 0 Å². The van der Waals surface area contributed by atoms with Gasteiger partial charge in [0, 0.05) is 0 Å². The number of hydrogen-bond acceptors (Lipinski definition) is 3. The quantitative estimate of drug-likeness (QED) is 0.664. The lowest BCUT2D eigenvalue weighted by Gasteiger charge is -2.25. The first-order valence-electron chi connectivity index (χ1n) is 4.98. The van der Waals surface area contributed by atoms with Gasteiger partial charge in [0.2, 0.25) is 0 Å². The second kappa shape index (κ2) is 4.61. The molecule has 1 rings (SSSR count). The van der Waals surface area contributed by atoms with Gasteiger partial charge in [-0.05, 0) is 25.7 Å². The number of ether oxygens (including phenoxy) is 1. The predicted octanol–water partition coefficient (Wildman–Crippen LogP) is 1.49. The van der Waals surface area contributed by atoms with Crippen LogP contribution >= 0.6 is 0 Å². The van der Waals surface area contributed by atoms with E-state index in [9.17, 15) is 9.90 Å². The Bertz CT molecular complexity index is 169. The van der Waals surface area contributed by atoms with Gasteiger partial charge in [0.1, 0.15) is 6.10 Å². The molecule has 0 heterocycles. The van der Waals surface area contributed by atoms with Crippen LogP contribution in [0, 0.1) is 5.92 Å². The molecule has 0 unspecified atom stereocenters. The van der Waals surface area contributed by atoms with E-state index in [2.05, 4.69) is 0 Å². The van der Waals surface area contributed by atoms with E-state index >= 15 is 0 Å². The minimum atomic E-state index is -0.186. The van der Waals surface area contributed by atoms with Crippen LogP contribution in [0.2, 0.25) is 0 Å². The smallest absolute Gasteiger partial charge is 0.308 e. The molecule has 0 amide bonds. The molecule has 0 saturated heterocycles. The molecule has 3 nitrogen and oxygen atoms in total. The first-order valence-corrected chi connectivity index (χ1v) is 4.98. The van der Waals surface area contributed by atoms with Crippen LogP contribution in [0.15, 0.2) is 0 Å². The van der Waals surface area contributed by atoms with Crippen LogP contribution in [0.25, 0.3) is 0 Å². The average molecular weight is 186 g/mol. The molecule has 0 aliphatic heterocycles. The molecule has 0 radical (unpaired) electrons. The normalized spacial score (nSPS) is 28.9. The molecule has 76 valence electrons. The third kappa shape index (κ3) is 3.35. The van der Waals surface area contributed by atoms with Crippen molar-refractivity contribution in [1.82, 2.24) is 0 Å². The summed E-state index contributed by atoms with van der Waals surface area (Å²) in [7, 11) is 0. The highest BCUT2D eigenvalue weighted by atomic mass is 16.5. The second-order valence-corrected chi connectivity index (χ2v) is 4.02.